The third kappa shape index (κ3) is 4.11. The lowest BCUT2D eigenvalue weighted by Crippen LogP contribution is -2.38. The fraction of sp³-hybridized carbons (Fsp3) is 0.714. The van der Waals surface area contributed by atoms with Crippen LogP contribution in [0.2, 0.25) is 0 Å². The van der Waals surface area contributed by atoms with Crippen LogP contribution >= 0.6 is 7.82 Å². The molecule has 0 bridgehead atoms. The Morgan fingerprint density at radius 2 is 2.21 bits per heavy atom. The van der Waals surface area contributed by atoms with Gasteiger partial charge in [0.25, 0.3) is 0 Å². The topological polar surface area (TPSA) is 88.9 Å². The number of fused-ring (bicyclic) bond motifs is 1. The van der Waals surface area contributed by atoms with Gasteiger partial charge in [0.1, 0.15) is 31.6 Å². The Labute approximate surface area is 140 Å². The SMILES string of the molecule is C[N+](C)(C)CCOP1(=O)OC[C@H]2O[C@@H](n3cccnc3=O)C[C@@H]2O1. The molecule has 0 spiro atoms. The van der Waals surface area contributed by atoms with E-state index in [2.05, 4.69) is 4.98 Å². The van der Waals surface area contributed by atoms with Crippen molar-refractivity contribution >= 4 is 7.82 Å². The average Bonchev–Trinajstić information content (AvgIpc) is 2.88. The van der Waals surface area contributed by atoms with E-state index in [-0.39, 0.29) is 19.3 Å². The minimum absolute atomic E-state index is 0.109. The van der Waals surface area contributed by atoms with E-state index in [9.17, 15) is 9.36 Å². The Morgan fingerprint density at radius 1 is 1.42 bits per heavy atom. The summed E-state index contributed by atoms with van der Waals surface area (Å²) in [5, 5.41) is 0. The molecule has 3 heterocycles. The lowest BCUT2D eigenvalue weighted by Gasteiger charge is -2.30. The number of hydrogen-bond donors (Lipinski definition) is 0. The zero-order valence-electron chi connectivity index (χ0n) is 14.0. The summed E-state index contributed by atoms with van der Waals surface area (Å²) in [5.74, 6) is 0. The minimum atomic E-state index is -3.59. The van der Waals surface area contributed by atoms with Gasteiger partial charge in [-0.15, -0.1) is 0 Å². The van der Waals surface area contributed by atoms with Gasteiger partial charge in [-0.25, -0.2) is 14.3 Å². The van der Waals surface area contributed by atoms with E-state index in [1.54, 1.807) is 12.3 Å². The third-order valence-electron chi connectivity index (χ3n) is 3.90. The fourth-order valence-corrected chi connectivity index (χ4v) is 3.96. The molecule has 2 fully saturated rings. The molecule has 0 amide bonds. The number of likely N-dealkylation sites (N-methyl/N-ethyl adjacent to an activating group) is 1. The first-order valence-electron chi connectivity index (χ1n) is 7.82. The van der Waals surface area contributed by atoms with Crippen LogP contribution in [0, 0.1) is 0 Å². The number of phosphoric ester groups is 1. The standard InChI is InChI=1S/C14H23N3O6P/c1-17(2,3)7-8-20-24(19)21-10-12-11(23-24)9-13(22-12)16-6-4-5-15-14(16)18/h4-6,11-13H,7-10H2,1-3H3/q+1/t11-,12+,13+,24?/m0/s1. The maximum Gasteiger partial charge on any atom is 0.475 e. The van der Waals surface area contributed by atoms with E-state index in [0.29, 0.717) is 17.4 Å². The first-order chi connectivity index (χ1) is 11.3. The number of phosphoric acid groups is 1. The molecule has 24 heavy (non-hydrogen) atoms. The van der Waals surface area contributed by atoms with Crippen LogP contribution in [0.15, 0.2) is 23.3 Å². The fourth-order valence-electron chi connectivity index (χ4n) is 2.57. The first-order valence-corrected chi connectivity index (χ1v) is 9.28. The van der Waals surface area contributed by atoms with Gasteiger partial charge in [-0.3, -0.25) is 18.1 Å². The van der Waals surface area contributed by atoms with Gasteiger partial charge in [-0.1, -0.05) is 0 Å². The van der Waals surface area contributed by atoms with Crippen molar-refractivity contribution in [1.82, 2.24) is 9.55 Å². The van der Waals surface area contributed by atoms with E-state index < -0.39 is 25.8 Å². The molecule has 4 atom stereocenters. The third-order valence-corrected chi connectivity index (χ3v) is 5.40. The van der Waals surface area contributed by atoms with Crippen molar-refractivity contribution in [3.63, 3.8) is 0 Å². The lowest BCUT2D eigenvalue weighted by molar-refractivity contribution is -0.870. The van der Waals surface area contributed by atoms with E-state index in [0.717, 1.165) is 0 Å². The van der Waals surface area contributed by atoms with Gasteiger partial charge >= 0.3 is 13.5 Å². The van der Waals surface area contributed by atoms with Gasteiger partial charge in [0.15, 0.2) is 0 Å². The highest BCUT2D eigenvalue weighted by molar-refractivity contribution is 7.48. The normalized spacial score (nSPS) is 33.4. The van der Waals surface area contributed by atoms with Crippen LogP contribution in [0.1, 0.15) is 12.6 Å². The smallest absolute Gasteiger partial charge is 0.349 e. The van der Waals surface area contributed by atoms with E-state index >= 15 is 0 Å². The quantitative estimate of drug-likeness (QED) is 0.566. The number of hydrogen-bond acceptors (Lipinski definition) is 7. The van der Waals surface area contributed by atoms with Crippen molar-refractivity contribution in [2.24, 2.45) is 0 Å². The van der Waals surface area contributed by atoms with Crippen LogP contribution in [0.3, 0.4) is 0 Å². The van der Waals surface area contributed by atoms with E-state index in [4.69, 9.17) is 18.3 Å². The molecule has 0 N–H and O–H groups in total. The maximum absolute atomic E-state index is 12.6. The number of rotatable bonds is 5. The van der Waals surface area contributed by atoms with Crippen molar-refractivity contribution in [2.75, 3.05) is 40.9 Å². The highest BCUT2D eigenvalue weighted by atomic mass is 31.2. The second-order valence-electron chi connectivity index (χ2n) is 6.91. The predicted molar refractivity (Wildman–Crippen MR) is 84.3 cm³/mol. The summed E-state index contributed by atoms with van der Waals surface area (Å²) < 4.78 is 36.6. The van der Waals surface area contributed by atoms with Crippen LogP contribution < -0.4 is 5.69 Å². The summed E-state index contributed by atoms with van der Waals surface area (Å²) in [6, 6.07) is 1.66. The Hall–Kier alpha value is -1.09. The van der Waals surface area contributed by atoms with Gasteiger partial charge in [0, 0.05) is 18.8 Å². The molecule has 0 radical (unpaired) electrons. The lowest BCUT2D eigenvalue weighted by atomic mass is 10.2. The highest BCUT2D eigenvalue weighted by Crippen LogP contribution is 2.56. The predicted octanol–water partition coefficient (Wildman–Crippen LogP) is 0.777. The molecule has 1 aromatic rings. The van der Waals surface area contributed by atoms with Gasteiger partial charge in [0.2, 0.25) is 0 Å². The summed E-state index contributed by atoms with van der Waals surface area (Å²) in [4.78, 5) is 15.5. The number of quaternary nitrogens is 1. The largest absolute Gasteiger partial charge is 0.475 e. The van der Waals surface area contributed by atoms with Crippen LogP contribution in [-0.4, -0.2) is 67.1 Å². The molecule has 2 aliphatic heterocycles. The van der Waals surface area contributed by atoms with E-state index in [1.165, 1.54) is 10.8 Å². The monoisotopic (exact) mass is 360 g/mol. The van der Waals surface area contributed by atoms with Crippen LogP contribution in [0.5, 0.6) is 0 Å². The van der Waals surface area contributed by atoms with Crippen LogP contribution in [0.25, 0.3) is 0 Å². The summed E-state index contributed by atoms with van der Waals surface area (Å²) in [5.41, 5.74) is -0.399. The summed E-state index contributed by atoms with van der Waals surface area (Å²) in [6.07, 6.45) is 2.09. The number of ether oxygens (including phenoxy) is 1. The van der Waals surface area contributed by atoms with Crippen molar-refractivity contribution in [1.29, 1.82) is 0 Å². The summed E-state index contributed by atoms with van der Waals surface area (Å²) in [6.45, 7) is 1.05. The molecule has 10 heteroatoms. The molecule has 0 aromatic carbocycles. The molecule has 2 saturated heterocycles. The van der Waals surface area contributed by atoms with Gasteiger partial charge < -0.3 is 9.22 Å². The van der Waals surface area contributed by atoms with Crippen molar-refractivity contribution in [3.05, 3.63) is 28.9 Å². The van der Waals surface area contributed by atoms with E-state index in [1.807, 2.05) is 21.1 Å². The summed E-state index contributed by atoms with van der Waals surface area (Å²) >= 11 is 0. The zero-order chi connectivity index (χ0) is 17.4. The molecular weight excluding hydrogens is 337 g/mol. The molecule has 1 aromatic heterocycles. The Bertz CT molecular complexity index is 688. The van der Waals surface area contributed by atoms with Gasteiger partial charge in [-0.2, -0.15) is 0 Å². The molecule has 3 rings (SSSR count). The molecular formula is C14H23N3O6P+. The van der Waals surface area contributed by atoms with Gasteiger partial charge in [-0.05, 0) is 6.07 Å². The highest BCUT2D eigenvalue weighted by Gasteiger charge is 2.48. The van der Waals surface area contributed by atoms with Gasteiger partial charge in [0.05, 0.1) is 27.7 Å². The maximum atomic E-state index is 12.6. The van der Waals surface area contributed by atoms with Crippen molar-refractivity contribution in [2.45, 2.75) is 24.9 Å². The Balaban J connectivity index is 1.61. The van der Waals surface area contributed by atoms with Crippen LogP contribution in [-0.2, 0) is 22.9 Å². The molecule has 0 saturated carbocycles. The molecule has 1 unspecified atom stereocenters. The number of nitrogens with zero attached hydrogens (tertiary/aromatic N) is 3. The summed E-state index contributed by atoms with van der Waals surface area (Å²) in [7, 11) is 2.45. The molecule has 0 aliphatic carbocycles. The van der Waals surface area contributed by atoms with Crippen molar-refractivity contribution in [3.8, 4) is 0 Å². The molecule has 9 nitrogen and oxygen atoms in total. The first kappa shape index (κ1) is 17.7. The second-order valence-corrected chi connectivity index (χ2v) is 8.53. The average molecular weight is 360 g/mol. The molecule has 2 aliphatic rings. The minimum Gasteiger partial charge on any atom is -0.349 e. The molecule has 134 valence electrons. The Morgan fingerprint density at radius 3 is 2.92 bits per heavy atom. The number of aromatic nitrogens is 2. The zero-order valence-corrected chi connectivity index (χ0v) is 14.9. The van der Waals surface area contributed by atoms with Crippen molar-refractivity contribution < 1.29 is 27.4 Å². The van der Waals surface area contributed by atoms with Crippen LogP contribution in [0.4, 0.5) is 0 Å². The Kier molecular flexibility index (Phi) is 4.92. The second kappa shape index (κ2) is 6.67.